The van der Waals surface area contributed by atoms with Crippen LogP contribution in [0.15, 0.2) is 24.3 Å². The maximum Gasteiger partial charge on any atom is 0.245 e. The van der Waals surface area contributed by atoms with Gasteiger partial charge in [0.15, 0.2) is 5.11 Å². The Balaban J connectivity index is 1.46. The minimum absolute atomic E-state index is 0.173. The molecule has 128 valence electrons. The van der Waals surface area contributed by atoms with Crippen molar-refractivity contribution in [1.82, 2.24) is 25.7 Å². The molecular weight excluding hydrogens is 326 g/mol. The number of ether oxygens (including phenoxy) is 1. The van der Waals surface area contributed by atoms with Crippen molar-refractivity contribution < 1.29 is 9.53 Å². The van der Waals surface area contributed by atoms with Crippen LogP contribution in [0.1, 0.15) is 18.7 Å². The maximum absolute atomic E-state index is 12.1. The van der Waals surface area contributed by atoms with Crippen molar-refractivity contribution in [3.8, 4) is 0 Å². The number of nitrogens with one attached hydrogen (secondary N) is 3. The molecule has 3 rings (SSSR count). The van der Waals surface area contributed by atoms with E-state index >= 15 is 0 Å². The van der Waals surface area contributed by atoms with Gasteiger partial charge in [0.2, 0.25) is 5.91 Å². The quantitative estimate of drug-likeness (QED) is 0.561. The number of carbonyl (C=O) groups is 1. The molecule has 0 spiro atoms. The second-order valence-corrected chi connectivity index (χ2v) is 6.18. The van der Waals surface area contributed by atoms with Crippen molar-refractivity contribution in [2.75, 3.05) is 13.2 Å². The number of thiocarbonyl (C=S) groups is 1. The SMILES string of the molecule is Cn1c(CC(=O)NNC(=S)NC[C@@H]2CCCO2)nc2ccccc21. The van der Waals surface area contributed by atoms with E-state index in [1.807, 2.05) is 35.9 Å². The molecule has 2 heterocycles. The summed E-state index contributed by atoms with van der Waals surface area (Å²) < 4.78 is 7.42. The first-order valence-electron chi connectivity index (χ1n) is 7.98. The number of fused-ring (bicyclic) bond motifs is 1. The molecule has 1 atom stereocenters. The van der Waals surface area contributed by atoms with Gasteiger partial charge in [-0.05, 0) is 37.2 Å². The fourth-order valence-electron chi connectivity index (χ4n) is 2.72. The smallest absolute Gasteiger partial charge is 0.245 e. The first kappa shape index (κ1) is 16.7. The number of carbonyl (C=O) groups excluding carboxylic acids is 1. The van der Waals surface area contributed by atoms with Gasteiger partial charge in [-0.1, -0.05) is 12.1 Å². The van der Waals surface area contributed by atoms with Crippen LogP contribution in [0.5, 0.6) is 0 Å². The molecule has 24 heavy (non-hydrogen) atoms. The zero-order chi connectivity index (χ0) is 16.9. The van der Waals surface area contributed by atoms with Crippen LogP contribution in [0.2, 0.25) is 0 Å². The molecule has 1 saturated heterocycles. The summed E-state index contributed by atoms with van der Waals surface area (Å²) in [6.45, 7) is 1.45. The van der Waals surface area contributed by atoms with Gasteiger partial charge in [-0.2, -0.15) is 0 Å². The first-order chi connectivity index (χ1) is 11.6. The summed E-state index contributed by atoms with van der Waals surface area (Å²) in [5.74, 6) is 0.503. The number of imidazole rings is 1. The van der Waals surface area contributed by atoms with Gasteiger partial charge in [0, 0.05) is 20.2 Å². The Morgan fingerprint density at radius 2 is 2.25 bits per heavy atom. The highest BCUT2D eigenvalue weighted by molar-refractivity contribution is 7.80. The average molecular weight is 347 g/mol. The van der Waals surface area contributed by atoms with E-state index in [1.165, 1.54) is 0 Å². The zero-order valence-corrected chi connectivity index (χ0v) is 14.4. The molecule has 7 nitrogen and oxygen atoms in total. The van der Waals surface area contributed by atoms with Gasteiger partial charge in [-0.3, -0.25) is 15.6 Å². The lowest BCUT2D eigenvalue weighted by molar-refractivity contribution is -0.121. The van der Waals surface area contributed by atoms with Crippen LogP contribution < -0.4 is 16.2 Å². The van der Waals surface area contributed by atoms with E-state index in [-0.39, 0.29) is 18.4 Å². The third-order valence-corrected chi connectivity index (χ3v) is 4.27. The molecule has 1 aromatic heterocycles. The van der Waals surface area contributed by atoms with E-state index in [0.717, 1.165) is 30.5 Å². The summed E-state index contributed by atoms with van der Waals surface area (Å²) in [5, 5.41) is 3.42. The van der Waals surface area contributed by atoms with Gasteiger partial charge in [0.05, 0.1) is 23.6 Å². The molecule has 3 N–H and O–H groups in total. The van der Waals surface area contributed by atoms with E-state index in [1.54, 1.807) is 0 Å². The molecule has 1 amide bonds. The van der Waals surface area contributed by atoms with Gasteiger partial charge >= 0.3 is 0 Å². The van der Waals surface area contributed by atoms with Crippen molar-refractivity contribution in [2.45, 2.75) is 25.4 Å². The Morgan fingerprint density at radius 1 is 1.42 bits per heavy atom. The van der Waals surface area contributed by atoms with E-state index in [0.29, 0.717) is 17.5 Å². The number of aromatic nitrogens is 2. The third kappa shape index (κ3) is 4.01. The molecule has 0 radical (unpaired) electrons. The lowest BCUT2D eigenvalue weighted by Gasteiger charge is -2.14. The molecule has 0 aliphatic carbocycles. The number of hydrogen-bond acceptors (Lipinski definition) is 4. The number of amides is 1. The summed E-state index contributed by atoms with van der Waals surface area (Å²) in [5.41, 5.74) is 7.18. The van der Waals surface area contributed by atoms with Crippen molar-refractivity contribution in [2.24, 2.45) is 7.05 Å². The predicted molar refractivity (Wildman–Crippen MR) is 95.3 cm³/mol. The highest BCUT2D eigenvalue weighted by atomic mass is 32.1. The third-order valence-electron chi connectivity index (χ3n) is 4.03. The van der Waals surface area contributed by atoms with Gasteiger partial charge in [-0.15, -0.1) is 0 Å². The van der Waals surface area contributed by atoms with Crippen molar-refractivity contribution in [3.05, 3.63) is 30.1 Å². The lowest BCUT2D eigenvalue weighted by atomic mass is 10.2. The Morgan fingerprint density at radius 3 is 3.00 bits per heavy atom. The van der Waals surface area contributed by atoms with Crippen LogP contribution in [0.25, 0.3) is 11.0 Å². The van der Waals surface area contributed by atoms with E-state index in [2.05, 4.69) is 21.2 Å². The molecule has 1 aliphatic rings. The van der Waals surface area contributed by atoms with Gasteiger partial charge < -0.3 is 14.6 Å². The maximum atomic E-state index is 12.1. The molecule has 1 aliphatic heterocycles. The number of rotatable bonds is 4. The highest BCUT2D eigenvalue weighted by Gasteiger charge is 2.15. The number of hydrogen-bond donors (Lipinski definition) is 3. The molecule has 2 aromatic rings. The minimum atomic E-state index is -0.199. The molecule has 8 heteroatoms. The second kappa shape index (κ2) is 7.59. The Labute approximate surface area is 145 Å². The highest BCUT2D eigenvalue weighted by Crippen LogP contribution is 2.14. The summed E-state index contributed by atoms with van der Waals surface area (Å²) >= 11 is 5.14. The Bertz CT molecular complexity index is 739. The van der Waals surface area contributed by atoms with Crippen molar-refractivity contribution in [1.29, 1.82) is 0 Å². The van der Waals surface area contributed by atoms with E-state index in [9.17, 15) is 4.79 Å². The summed E-state index contributed by atoms with van der Waals surface area (Å²) in [6, 6.07) is 7.79. The number of hydrazine groups is 1. The summed E-state index contributed by atoms with van der Waals surface area (Å²) in [7, 11) is 1.90. The lowest BCUT2D eigenvalue weighted by Crippen LogP contribution is -2.48. The monoisotopic (exact) mass is 347 g/mol. The Kier molecular flexibility index (Phi) is 5.27. The zero-order valence-electron chi connectivity index (χ0n) is 13.5. The van der Waals surface area contributed by atoms with Crippen LogP contribution in [0, 0.1) is 0 Å². The van der Waals surface area contributed by atoms with Crippen LogP contribution >= 0.6 is 12.2 Å². The fourth-order valence-corrected chi connectivity index (χ4v) is 2.86. The van der Waals surface area contributed by atoms with Crippen molar-refractivity contribution in [3.63, 3.8) is 0 Å². The molecule has 1 aromatic carbocycles. The topological polar surface area (TPSA) is 80.2 Å². The number of nitrogens with zero attached hydrogens (tertiary/aromatic N) is 2. The van der Waals surface area contributed by atoms with Crippen LogP contribution in [0.3, 0.4) is 0 Å². The number of benzene rings is 1. The molecule has 0 bridgehead atoms. The fraction of sp³-hybridized carbons (Fsp3) is 0.438. The molecular formula is C16H21N5O2S. The van der Waals surface area contributed by atoms with E-state index < -0.39 is 0 Å². The summed E-state index contributed by atoms with van der Waals surface area (Å²) in [6.07, 6.45) is 2.49. The van der Waals surface area contributed by atoms with Crippen molar-refractivity contribution >= 4 is 34.3 Å². The molecule has 0 saturated carbocycles. The first-order valence-corrected chi connectivity index (χ1v) is 8.39. The predicted octanol–water partition coefficient (Wildman–Crippen LogP) is 0.790. The summed E-state index contributed by atoms with van der Waals surface area (Å²) in [4.78, 5) is 16.5. The van der Waals surface area contributed by atoms with Gasteiger partial charge in [0.25, 0.3) is 0 Å². The molecule has 1 fully saturated rings. The van der Waals surface area contributed by atoms with Gasteiger partial charge in [-0.25, -0.2) is 4.98 Å². The number of aryl methyl sites for hydroxylation is 1. The van der Waals surface area contributed by atoms with Crippen LogP contribution in [0.4, 0.5) is 0 Å². The van der Waals surface area contributed by atoms with Crippen LogP contribution in [-0.2, 0) is 23.0 Å². The second-order valence-electron chi connectivity index (χ2n) is 5.77. The average Bonchev–Trinajstić information content (AvgIpc) is 3.20. The minimum Gasteiger partial charge on any atom is -0.376 e. The van der Waals surface area contributed by atoms with Crippen LogP contribution in [-0.4, -0.2) is 39.8 Å². The van der Waals surface area contributed by atoms with Gasteiger partial charge in [0.1, 0.15) is 5.82 Å². The number of para-hydroxylation sites is 2. The molecule has 0 unspecified atom stereocenters. The largest absolute Gasteiger partial charge is 0.376 e. The standard InChI is InChI=1S/C16H21N5O2S/c1-21-13-7-3-2-6-12(13)18-14(21)9-15(22)19-20-16(24)17-10-11-5-4-8-23-11/h2-3,6-7,11H,4-5,8-10H2,1H3,(H,19,22)(H2,17,20,24)/t11-/m0/s1. The normalized spacial score (nSPS) is 17.0. The van der Waals surface area contributed by atoms with E-state index in [4.69, 9.17) is 17.0 Å². The Hall–Kier alpha value is -2.19.